The zero-order chi connectivity index (χ0) is 52.2. The molecule has 416 valence electrons. The van der Waals surface area contributed by atoms with Gasteiger partial charge >= 0.3 is 17.9 Å². The summed E-state index contributed by atoms with van der Waals surface area (Å²) in [7, 11) is 0. The molecule has 0 aromatic rings. The maximum absolute atomic E-state index is 12.8. The second-order valence-electron chi connectivity index (χ2n) is 20.6. The van der Waals surface area contributed by atoms with Gasteiger partial charge in [0.15, 0.2) is 6.10 Å². The van der Waals surface area contributed by atoms with Crippen LogP contribution in [0.25, 0.3) is 0 Å². The molecule has 0 aromatic carbocycles. The summed E-state index contributed by atoms with van der Waals surface area (Å²) in [6.45, 7) is 6.46. The van der Waals surface area contributed by atoms with E-state index in [4.69, 9.17) is 14.2 Å². The molecular weight excluding hydrogens is 889 g/mol. The van der Waals surface area contributed by atoms with Gasteiger partial charge in [-0.3, -0.25) is 14.4 Å². The van der Waals surface area contributed by atoms with Crippen LogP contribution in [0.5, 0.6) is 0 Å². The predicted octanol–water partition coefficient (Wildman–Crippen LogP) is 20.9. The van der Waals surface area contributed by atoms with Crippen LogP contribution >= 0.6 is 0 Å². The van der Waals surface area contributed by atoms with Crippen molar-refractivity contribution >= 4 is 17.9 Å². The number of allylic oxidation sites excluding steroid dienone is 12. The van der Waals surface area contributed by atoms with Gasteiger partial charge in [-0.1, -0.05) is 273 Å². The van der Waals surface area contributed by atoms with Crippen LogP contribution in [-0.2, 0) is 28.6 Å². The molecule has 0 N–H and O–H groups in total. The molecule has 0 aliphatic heterocycles. The average Bonchev–Trinajstić information content (AvgIpc) is 3.38. The Bertz CT molecular complexity index is 1340. The summed E-state index contributed by atoms with van der Waals surface area (Å²) in [5.74, 6) is -0.907. The second kappa shape index (κ2) is 60.4. The van der Waals surface area contributed by atoms with Crippen LogP contribution in [-0.4, -0.2) is 37.2 Å². The lowest BCUT2D eigenvalue weighted by Gasteiger charge is -2.18. The summed E-state index contributed by atoms with van der Waals surface area (Å²) < 4.78 is 16.8. The van der Waals surface area contributed by atoms with E-state index in [2.05, 4.69) is 93.7 Å². The molecule has 0 heterocycles. The fourth-order valence-corrected chi connectivity index (χ4v) is 8.82. The molecule has 0 aliphatic carbocycles. The number of hydrogen-bond donors (Lipinski definition) is 0. The van der Waals surface area contributed by atoms with Crippen LogP contribution in [0.2, 0.25) is 0 Å². The van der Waals surface area contributed by atoms with Crippen molar-refractivity contribution < 1.29 is 28.6 Å². The topological polar surface area (TPSA) is 78.9 Å². The molecule has 1 atom stereocenters. The van der Waals surface area contributed by atoms with Gasteiger partial charge < -0.3 is 14.2 Å². The van der Waals surface area contributed by atoms with Crippen molar-refractivity contribution in [3.63, 3.8) is 0 Å². The van der Waals surface area contributed by atoms with Gasteiger partial charge in [0.1, 0.15) is 13.2 Å². The summed E-state index contributed by atoms with van der Waals surface area (Å²) in [6.07, 6.45) is 78.1. The number of hydrogen-bond acceptors (Lipinski definition) is 6. The molecule has 0 fully saturated rings. The first-order valence-electron chi connectivity index (χ1n) is 30.9. The first-order valence-corrected chi connectivity index (χ1v) is 30.9. The lowest BCUT2D eigenvalue weighted by atomic mass is 10.0. The van der Waals surface area contributed by atoms with E-state index in [9.17, 15) is 14.4 Å². The van der Waals surface area contributed by atoms with E-state index in [1.54, 1.807) is 0 Å². The fourth-order valence-electron chi connectivity index (χ4n) is 8.82. The average molecular weight is 1010 g/mol. The van der Waals surface area contributed by atoms with Crippen LogP contribution in [0, 0.1) is 0 Å². The van der Waals surface area contributed by atoms with Gasteiger partial charge in [0, 0.05) is 19.3 Å². The van der Waals surface area contributed by atoms with E-state index in [0.29, 0.717) is 19.3 Å². The third kappa shape index (κ3) is 57.7. The smallest absolute Gasteiger partial charge is 0.306 e. The maximum Gasteiger partial charge on any atom is 0.306 e. The van der Waals surface area contributed by atoms with Crippen molar-refractivity contribution in [1.29, 1.82) is 0 Å². The Hall–Kier alpha value is -3.15. The lowest BCUT2D eigenvalue weighted by molar-refractivity contribution is -0.167. The Morgan fingerprint density at radius 1 is 0.292 bits per heavy atom. The number of ether oxygens (including phenoxy) is 3. The van der Waals surface area contributed by atoms with Crippen molar-refractivity contribution in [2.75, 3.05) is 13.2 Å². The van der Waals surface area contributed by atoms with E-state index >= 15 is 0 Å². The summed E-state index contributed by atoms with van der Waals surface area (Å²) >= 11 is 0. The minimum Gasteiger partial charge on any atom is -0.462 e. The number of esters is 3. The highest BCUT2D eigenvalue weighted by molar-refractivity contribution is 5.71. The predicted molar refractivity (Wildman–Crippen MR) is 311 cm³/mol. The molecule has 0 spiro atoms. The van der Waals surface area contributed by atoms with Gasteiger partial charge in [0.25, 0.3) is 0 Å². The number of unbranched alkanes of at least 4 members (excludes halogenated alkanes) is 33. The normalized spacial score (nSPS) is 12.5. The molecule has 6 heteroatoms. The van der Waals surface area contributed by atoms with Crippen molar-refractivity contribution in [2.45, 2.75) is 316 Å². The molecule has 0 radical (unpaired) electrons. The van der Waals surface area contributed by atoms with Gasteiger partial charge in [-0.05, 0) is 89.9 Å². The van der Waals surface area contributed by atoms with E-state index in [1.165, 1.54) is 167 Å². The Morgan fingerprint density at radius 3 is 0.847 bits per heavy atom. The Morgan fingerprint density at radius 2 is 0.542 bits per heavy atom. The van der Waals surface area contributed by atoms with E-state index in [1.807, 2.05) is 0 Å². The van der Waals surface area contributed by atoms with Crippen molar-refractivity contribution in [3.8, 4) is 0 Å². The molecular formula is C66H116O6. The van der Waals surface area contributed by atoms with Crippen LogP contribution in [0.3, 0.4) is 0 Å². The summed E-state index contributed by atoms with van der Waals surface area (Å²) in [5.41, 5.74) is 0. The lowest BCUT2D eigenvalue weighted by Crippen LogP contribution is -2.30. The molecule has 0 bridgehead atoms. The maximum atomic E-state index is 12.8. The van der Waals surface area contributed by atoms with Gasteiger partial charge in [-0.15, -0.1) is 0 Å². The highest BCUT2D eigenvalue weighted by Gasteiger charge is 2.19. The second-order valence-corrected chi connectivity index (χ2v) is 20.6. The summed E-state index contributed by atoms with van der Waals surface area (Å²) in [6, 6.07) is 0. The minimum absolute atomic E-state index is 0.0828. The molecule has 1 unspecified atom stereocenters. The Kier molecular flexibility index (Phi) is 57.8. The minimum atomic E-state index is -0.784. The van der Waals surface area contributed by atoms with E-state index in [-0.39, 0.29) is 31.1 Å². The highest BCUT2D eigenvalue weighted by atomic mass is 16.6. The molecule has 6 nitrogen and oxygen atoms in total. The third-order valence-electron chi connectivity index (χ3n) is 13.4. The van der Waals surface area contributed by atoms with Crippen molar-refractivity contribution in [3.05, 3.63) is 72.9 Å². The van der Waals surface area contributed by atoms with Crippen molar-refractivity contribution in [1.82, 2.24) is 0 Å². The number of rotatable bonds is 56. The molecule has 0 saturated carbocycles. The van der Waals surface area contributed by atoms with Crippen LogP contribution in [0.4, 0.5) is 0 Å². The Labute approximate surface area is 446 Å². The van der Waals surface area contributed by atoms with Crippen LogP contribution in [0.1, 0.15) is 310 Å². The molecule has 0 aromatic heterocycles. The zero-order valence-corrected chi connectivity index (χ0v) is 47.7. The molecule has 72 heavy (non-hydrogen) atoms. The van der Waals surface area contributed by atoms with Gasteiger partial charge in [-0.2, -0.15) is 0 Å². The highest BCUT2D eigenvalue weighted by Crippen LogP contribution is 2.17. The number of carbonyl (C=O) groups is 3. The standard InChI is InChI=1S/C66H116O6/c1-4-7-10-13-16-18-20-22-24-26-27-28-29-30-31-32-33-34-35-36-37-38-39-41-42-44-46-48-50-53-56-59-65(68)71-62-63(61-70-64(67)58-55-52-15-12-9-6-3)72-66(69)60-57-54-51-49-47-45-43-40-25-23-21-19-17-14-11-8-5-2/h8,11,17,19-20,22-23,25-27,43,45,63H,4-7,9-10,12-16,18,21,24,28-42,44,46-62H2,1-3H3/b11-8-,19-17-,22-20-,25-23-,27-26-,45-43-. The first-order chi connectivity index (χ1) is 35.5. The Balaban J connectivity index is 4.02. The van der Waals surface area contributed by atoms with Crippen LogP contribution < -0.4 is 0 Å². The third-order valence-corrected chi connectivity index (χ3v) is 13.4. The van der Waals surface area contributed by atoms with E-state index < -0.39 is 6.10 Å². The summed E-state index contributed by atoms with van der Waals surface area (Å²) in [5, 5.41) is 0. The molecule has 0 rings (SSSR count). The van der Waals surface area contributed by atoms with E-state index in [0.717, 1.165) is 103 Å². The zero-order valence-electron chi connectivity index (χ0n) is 47.7. The van der Waals surface area contributed by atoms with Gasteiger partial charge in [-0.25, -0.2) is 0 Å². The first kappa shape index (κ1) is 68.8. The largest absolute Gasteiger partial charge is 0.462 e. The molecule has 0 amide bonds. The SMILES string of the molecule is CC/C=C\C/C=C\C/C=C\C/C=C\CCCCCCC(=O)OC(COC(=O)CCCCCCCC)COC(=O)CCCCCCCCCCCCCCCCCCCCC/C=C\C/C=C\CCCCCCC. The van der Waals surface area contributed by atoms with Gasteiger partial charge in [0.05, 0.1) is 0 Å². The van der Waals surface area contributed by atoms with Crippen LogP contribution in [0.15, 0.2) is 72.9 Å². The quantitative estimate of drug-likeness (QED) is 0.0261. The number of carbonyl (C=O) groups excluding carboxylic acids is 3. The fraction of sp³-hybridized carbons (Fsp3) is 0.773. The monoisotopic (exact) mass is 1000 g/mol. The molecule has 0 saturated heterocycles. The summed E-state index contributed by atoms with van der Waals surface area (Å²) in [4.78, 5) is 37.9. The van der Waals surface area contributed by atoms with Crippen molar-refractivity contribution in [2.24, 2.45) is 0 Å². The molecule has 0 aliphatic rings. The van der Waals surface area contributed by atoms with Gasteiger partial charge in [0.2, 0.25) is 0 Å².